The average molecular weight is 195 g/mol. The van der Waals surface area contributed by atoms with E-state index in [4.69, 9.17) is 5.26 Å². The summed E-state index contributed by atoms with van der Waals surface area (Å²) in [5, 5.41) is 15.3. The summed E-state index contributed by atoms with van der Waals surface area (Å²) in [6.07, 6.45) is 4.96. The molecular formula is C12H9N3. The Morgan fingerprint density at radius 1 is 1.27 bits per heavy atom. The Labute approximate surface area is 87.7 Å². The molecule has 1 heterocycles. The van der Waals surface area contributed by atoms with Gasteiger partial charge in [0.15, 0.2) is 0 Å². The van der Waals surface area contributed by atoms with Crippen LogP contribution in [0.15, 0.2) is 42.6 Å². The number of nitrogens with zero attached hydrogens (tertiary/aromatic N) is 2. The second-order valence-electron chi connectivity index (χ2n) is 3.02. The first kappa shape index (κ1) is 9.22. The third kappa shape index (κ3) is 1.94. The molecule has 2 aromatic rings. The van der Waals surface area contributed by atoms with Gasteiger partial charge >= 0.3 is 0 Å². The summed E-state index contributed by atoms with van der Waals surface area (Å²) in [5.41, 5.74) is 3.00. The molecular weight excluding hydrogens is 186 g/mol. The maximum Gasteiger partial charge on any atom is 0.0912 e. The number of nitriles is 1. The molecule has 0 bridgehead atoms. The molecule has 0 aliphatic rings. The summed E-state index contributed by atoms with van der Waals surface area (Å²) in [6.45, 7) is 0. The topological polar surface area (TPSA) is 52.5 Å². The van der Waals surface area contributed by atoms with Crippen LogP contribution in [0.4, 0.5) is 0 Å². The summed E-state index contributed by atoms with van der Waals surface area (Å²) >= 11 is 0. The molecule has 0 atom stereocenters. The summed E-state index contributed by atoms with van der Waals surface area (Å²) in [5.74, 6) is 0. The molecule has 0 unspecified atom stereocenters. The molecule has 2 rings (SSSR count). The lowest BCUT2D eigenvalue weighted by molar-refractivity contribution is 1.09. The highest BCUT2D eigenvalue weighted by molar-refractivity contribution is 5.73. The van der Waals surface area contributed by atoms with Crippen LogP contribution in [0.3, 0.4) is 0 Å². The Morgan fingerprint density at radius 3 is 2.87 bits per heavy atom. The summed E-state index contributed by atoms with van der Waals surface area (Å²) < 4.78 is 0. The van der Waals surface area contributed by atoms with E-state index in [0.29, 0.717) is 0 Å². The van der Waals surface area contributed by atoms with Gasteiger partial charge in [0.25, 0.3) is 0 Å². The van der Waals surface area contributed by atoms with Gasteiger partial charge in [-0.05, 0) is 17.7 Å². The average Bonchev–Trinajstić information content (AvgIpc) is 2.80. The number of rotatable bonds is 2. The van der Waals surface area contributed by atoms with Crippen molar-refractivity contribution in [1.29, 1.82) is 5.26 Å². The van der Waals surface area contributed by atoms with Gasteiger partial charge in [-0.15, -0.1) is 0 Å². The first-order valence-corrected chi connectivity index (χ1v) is 4.57. The molecule has 0 amide bonds. The number of nitrogens with one attached hydrogen (secondary N) is 1. The molecule has 0 radical (unpaired) electrons. The lowest BCUT2D eigenvalue weighted by Crippen LogP contribution is -1.82. The summed E-state index contributed by atoms with van der Waals surface area (Å²) in [4.78, 5) is 0. The molecule has 0 aliphatic heterocycles. The minimum Gasteiger partial charge on any atom is -0.278 e. The molecule has 0 aliphatic carbocycles. The van der Waals surface area contributed by atoms with Crippen molar-refractivity contribution in [2.45, 2.75) is 0 Å². The van der Waals surface area contributed by atoms with Crippen molar-refractivity contribution in [1.82, 2.24) is 10.2 Å². The molecule has 0 fully saturated rings. The number of allylic oxidation sites excluding steroid dienone is 1. The van der Waals surface area contributed by atoms with Gasteiger partial charge in [0, 0.05) is 17.8 Å². The third-order valence-electron chi connectivity index (χ3n) is 2.09. The molecule has 15 heavy (non-hydrogen) atoms. The van der Waals surface area contributed by atoms with E-state index in [-0.39, 0.29) is 0 Å². The molecule has 72 valence electrons. The van der Waals surface area contributed by atoms with Crippen LogP contribution in [-0.4, -0.2) is 10.2 Å². The lowest BCUT2D eigenvalue weighted by Gasteiger charge is -2.01. The molecule has 0 saturated heterocycles. The largest absolute Gasteiger partial charge is 0.278 e. The van der Waals surface area contributed by atoms with Gasteiger partial charge < -0.3 is 0 Å². The van der Waals surface area contributed by atoms with Crippen molar-refractivity contribution in [3.8, 4) is 17.3 Å². The van der Waals surface area contributed by atoms with E-state index in [2.05, 4.69) is 10.2 Å². The van der Waals surface area contributed by atoms with Crippen LogP contribution in [0.2, 0.25) is 0 Å². The Balaban J connectivity index is 2.48. The van der Waals surface area contributed by atoms with Gasteiger partial charge in [-0.2, -0.15) is 10.4 Å². The van der Waals surface area contributed by atoms with Crippen molar-refractivity contribution in [2.24, 2.45) is 0 Å². The Morgan fingerprint density at radius 2 is 2.13 bits per heavy atom. The zero-order valence-electron chi connectivity index (χ0n) is 8.01. The quantitative estimate of drug-likeness (QED) is 0.749. The van der Waals surface area contributed by atoms with Crippen LogP contribution in [-0.2, 0) is 0 Å². The van der Waals surface area contributed by atoms with Gasteiger partial charge in [-0.25, -0.2) is 0 Å². The number of aromatic nitrogens is 2. The monoisotopic (exact) mass is 195 g/mol. The summed E-state index contributed by atoms with van der Waals surface area (Å²) in [7, 11) is 0. The minimum absolute atomic E-state index is 0.952. The van der Waals surface area contributed by atoms with E-state index >= 15 is 0 Å². The highest BCUT2D eigenvalue weighted by atomic mass is 15.1. The summed E-state index contributed by atoms with van der Waals surface area (Å²) in [6, 6.07) is 11.7. The lowest BCUT2D eigenvalue weighted by atomic mass is 10.0. The fourth-order valence-corrected chi connectivity index (χ4v) is 1.42. The smallest absolute Gasteiger partial charge is 0.0912 e. The molecule has 0 saturated carbocycles. The SMILES string of the molecule is N#CC=Cc1ccccc1-c1ccn[nH]1. The maximum atomic E-state index is 8.49. The van der Waals surface area contributed by atoms with Crippen molar-refractivity contribution < 1.29 is 0 Å². The second kappa shape index (κ2) is 4.25. The minimum atomic E-state index is 0.952. The highest BCUT2D eigenvalue weighted by Gasteiger charge is 2.02. The van der Waals surface area contributed by atoms with Crippen molar-refractivity contribution in [3.05, 3.63) is 48.2 Å². The fraction of sp³-hybridized carbons (Fsp3) is 0. The predicted octanol–water partition coefficient (Wildman–Crippen LogP) is 2.61. The third-order valence-corrected chi connectivity index (χ3v) is 2.09. The number of aromatic amines is 1. The Hall–Kier alpha value is -2.34. The van der Waals surface area contributed by atoms with Crippen LogP contribution < -0.4 is 0 Å². The highest BCUT2D eigenvalue weighted by Crippen LogP contribution is 2.21. The normalized spacial score (nSPS) is 10.3. The first-order chi connectivity index (χ1) is 7.42. The van der Waals surface area contributed by atoms with Crippen LogP contribution in [0.1, 0.15) is 5.56 Å². The van der Waals surface area contributed by atoms with Gasteiger partial charge in [0.1, 0.15) is 0 Å². The van der Waals surface area contributed by atoms with Gasteiger partial charge in [0.05, 0.1) is 11.8 Å². The van der Waals surface area contributed by atoms with E-state index in [1.165, 1.54) is 6.08 Å². The number of hydrogen-bond donors (Lipinski definition) is 1. The van der Waals surface area contributed by atoms with Gasteiger partial charge in [0.2, 0.25) is 0 Å². The zero-order valence-corrected chi connectivity index (χ0v) is 8.01. The van der Waals surface area contributed by atoms with Gasteiger partial charge in [-0.3, -0.25) is 5.10 Å². The van der Waals surface area contributed by atoms with E-state index in [0.717, 1.165) is 16.8 Å². The first-order valence-electron chi connectivity index (χ1n) is 4.57. The van der Waals surface area contributed by atoms with Crippen LogP contribution in [0.5, 0.6) is 0 Å². The number of benzene rings is 1. The van der Waals surface area contributed by atoms with E-state index in [9.17, 15) is 0 Å². The Kier molecular flexibility index (Phi) is 2.61. The van der Waals surface area contributed by atoms with Crippen LogP contribution in [0, 0.1) is 11.3 Å². The number of hydrogen-bond acceptors (Lipinski definition) is 2. The molecule has 1 N–H and O–H groups in total. The second-order valence-corrected chi connectivity index (χ2v) is 3.02. The van der Waals surface area contributed by atoms with E-state index in [1.807, 2.05) is 36.4 Å². The number of H-pyrrole nitrogens is 1. The fourth-order valence-electron chi connectivity index (χ4n) is 1.42. The van der Waals surface area contributed by atoms with Crippen molar-refractivity contribution in [2.75, 3.05) is 0 Å². The van der Waals surface area contributed by atoms with Gasteiger partial charge in [-0.1, -0.05) is 24.3 Å². The Bertz CT molecular complexity index is 504. The molecule has 3 nitrogen and oxygen atoms in total. The molecule has 1 aromatic heterocycles. The maximum absolute atomic E-state index is 8.49. The molecule has 3 heteroatoms. The predicted molar refractivity (Wildman–Crippen MR) is 58.7 cm³/mol. The van der Waals surface area contributed by atoms with Crippen molar-refractivity contribution >= 4 is 6.08 Å². The standard InChI is InChI=1S/C12H9N3/c13-8-3-5-10-4-1-2-6-11(10)12-7-9-14-15-12/h1-7,9H,(H,14,15). The molecule has 0 spiro atoms. The van der Waals surface area contributed by atoms with E-state index in [1.54, 1.807) is 12.3 Å². The zero-order chi connectivity index (χ0) is 10.5. The van der Waals surface area contributed by atoms with Crippen LogP contribution >= 0.6 is 0 Å². The van der Waals surface area contributed by atoms with Crippen molar-refractivity contribution in [3.63, 3.8) is 0 Å². The van der Waals surface area contributed by atoms with Crippen LogP contribution in [0.25, 0.3) is 17.3 Å². The molecule has 1 aromatic carbocycles. The van der Waals surface area contributed by atoms with E-state index < -0.39 is 0 Å².